The monoisotopic (exact) mass is 310 g/mol. The molecule has 0 aliphatic rings. The second kappa shape index (κ2) is 6.09. The van der Waals surface area contributed by atoms with Gasteiger partial charge in [0.1, 0.15) is 0 Å². The van der Waals surface area contributed by atoms with Crippen molar-refractivity contribution in [1.29, 1.82) is 0 Å². The minimum Gasteiger partial charge on any atom is -0.399 e. The molecular formula is C22H18N2. The minimum atomic E-state index is 0.786. The molecule has 2 heteroatoms. The zero-order valence-electron chi connectivity index (χ0n) is 13.2. The van der Waals surface area contributed by atoms with Crippen molar-refractivity contribution in [2.75, 3.05) is 11.1 Å². The van der Waals surface area contributed by atoms with Gasteiger partial charge in [-0.25, -0.2) is 0 Å². The van der Waals surface area contributed by atoms with E-state index in [1.807, 2.05) is 24.3 Å². The minimum absolute atomic E-state index is 0.786. The Morgan fingerprint density at radius 2 is 1.12 bits per heavy atom. The summed E-state index contributed by atoms with van der Waals surface area (Å²) < 4.78 is 0. The van der Waals surface area contributed by atoms with E-state index in [4.69, 9.17) is 5.73 Å². The molecule has 0 aliphatic carbocycles. The van der Waals surface area contributed by atoms with Crippen LogP contribution in [-0.2, 0) is 0 Å². The highest BCUT2D eigenvalue weighted by Crippen LogP contribution is 2.25. The predicted molar refractivity (Wildman–Crippen MR) is 104 cm³/mol. The second-order valence-electron chi connectivity index (χ2n) is 5.89. The lowest BCUT2D eigenvalue weighted by Gasteiger charge is -2.09. The van der Waals surface area contributed by atoms with Crippen LogP contribution in [0, 0.1) is 0 Å². The van der Waals surface area contributed by atoms with E-state index >= 15 is 0 Å². The van der Waals surface area contributed by atoms with Gasteiger partial charge in [-0.15, -0.1) is 0 Å². The van der Waals surface area contributed by atoms with E-state index in [2.05, 4.69) is 72.0 Å². The summed E-state index contributed by atoms with van der Waals surface area (Å²) in [6, 6.07) is 31.2. The number of hydrogen-bond donors (Lipinski definition) is 2. The molecule has 0 saturated carbocycles. The third-order valence-electron chi connectivity index (χ3n) is 4.17. The lowest BCUT2D eigenvalue weighted by molar-refractivity contribution is 1.55. The number of benzene rings is 4. The smallest absolute Gasteiger partial charge is 0.0390 e. The van der Waals surface area contributed by atoms with Crippen molar-refractivity contribution in [2.24, 2.45) is 0 Å². The average molecular weight is 310 g/mol. The molecule has 0 amide bonds. The van der Waals surface area contributed by atoms with E-state index in [1.54, 1.807) is 0 Å². The summed E-state index contributed by atoms with van der Waals surface area (Å²) in [6.07, 6.45) is 0. The largest absolute Gasteiger partial charge is 0.399 e. The number of nitrogens with two attached hydrogens (primary N) is 1. The molecule has 24 heavy (non-hydrogen) atoms. The van der Waals surface area contributed by atoms with Crippen molar-refractivity contribution < 1.29 is 0 Å². The molecule has 4 aromatic rings. The van der Waals surface area contributed by atoms with Crippen molar-refractivity contribution >= 4 is 27.8 Å². The highest BCUT2D eigenvalue weighted by molar-refractivity contribution is 5.86. The number of fused-ring (bicyclic) bond motifs is 1. The van der Waals surface area contributed by atoms with Crippen molar-refractivity contribution in [3.63, 3.8) is 0 Å². The fraction of sp³-hybridized carbons (Fsp3) is 0. The molecule has 0 aliphatic heterocycles. The fourth-order valence-electron chi connectivity index (χ4n) is 2.86. The van der Waals surface area contributed by atoms with E-state index < -0.39 is 0 Å². The first-order valence-corrected chi connectivity index (χ1v) is 8.00. The Morgan fingerprint density at radius 3 is 1.83 bits per heavy atom. The highest BCUT2D eigenvalue weighted by atomic mass is 14.9. The van der Waals surface area contributed by atoms with E-state index in [0.717, 1.165) is 17.1 Å². The normalized spacial score (nSPS) is 10.7. The van der Waals surface area contributed by atoms with Gasteiger partial charge in [-0.3, -0.25) is 0 Å². The molecule has 0 saturated heterocycles. The van der Waals surface area contributed by atoms with Crippen molar-refractivity contribution in [3.05, 3.63) is 91.0 Å². The maximum atomic E-state index is 5.74. The number of nitrogens with one attached hydrogen (secondary N) is 1. The van der Waals surface area contributed by atoms with Crippen LogP contribution < -0.4 is 11.1 Å². The van der Waals surface area contributed by atoms with Crippen LogP contribution in [0.3, 0.4) is 0 Å². The fourth-order valence-corrected chi connectivity index (χ4v) is 2.86. The van der Waals surface area contributed by atoms with Crippen molar-refractivity contribution in [3.8, 4) is 11.1 Å². The van der Waals surface area contributed by atoms with Crippen LogP contribution in [0.15, 0.2) is 91.0 Å². The first-order valence-electron chi connectivity index (χ1n) is 8.00. The Hall–Kier alpha value is -3.26. The first kappa shape index (κ1) is 14.3. The molecule has 0 fully saturated rings. The first-order chi connectivity index (χ1) is 11.8. The summed E-state index contributed by atoms with van der Waals surface area (Å²) >= 11 is 0. The van der Waals surface area contributed by atoms with Crippen LogP contribution in [-0.4, -0.2) is 0 Å². The molecule has 4 rings (SSSR count). The highest BCUT2D eigenvalue weighted by Gasteiger charge is 2.00. The van der Waals surface area contributed by atoms with Gasteiger partial charge in [0.25, 0.3) is 0 Å². The van der Waals surface area contributed by atoms with Gasteiger partial charge >= 0.3 is 0 Å². The number of anilines is 3. The van der Waals surface area contributed by atoms with Gasteiger partial charge in [-0.1, -0.05) is 54.6 Å². The van der Waals surface area contributed by atoms with Crippen molar-refractivity contribution in [2.45, 2.75) is 0 Å². The van der Waals surface area contributed by atoms with Gasteiger partial charge in [0.05, 0.1) is 0 Å². The Balaban J connectivity index is 1.57. The van der Waals surface area contributed by atoms with E-state index in [9.17, 15) is 0 Å². The summed E-state index contributed by atoms with van der Waals surface area (Å²) in [5.74, 6) is 0. The van der Waals surface area contributed by atoms with Gasteiger partial charge in [0.2, 0.25) is 0 Å². The average Bonchev–Trinajstić information content (AvgIpc) is 2.63. The summed E-state index contributed by atoms with van der Waals surface area (Å²) in [5.41, 5.74) is 11.0. The van der Waals surface area contributed by atoms with Crippen LogP contribution in [0.2, 0.25) is 0 Å². The van der Waals surface area contributed by atoms with Gasteiger partial charge < -0.3 is 11.1 Å². The topological polar surface area (TPSA) is 38.0 Å². The molecule has 0 bridgehead atoms. The Kier molecular flexibility index (Phi) is 3.64. The van der Waals surface area contributed by atoms with Gasteiger partial charge in [0.15, 0.2) is 0 Å². The quantitative estimate of drug-likeness (QED) is 0.467. The van der Waals surface area contributed by atoms with Gasteiger partial charge in [-0.2, -0.15) is 0 Å². The standard InChI is InChI=1S/C22H18N2/c23-20-10-5-17(6-11-20)18-7-12-21(13-8-18)24-22-14-9-16-3-1-2-4-19(16)15-22/h1-15,24H,23H2. The van der Waals surface area contributed by atoms with Gasteiger partial charge in [0, 0.05) is 17.1 Å². The predicted octanol–water partition coefficient (Wildman–Crippen LogP) is 5.83. The summed E-state index contributed by atoms with van der Waals surface area (Å²) in [4.78, 5) is 0. The third-order valence-corrected chi connectivity index (χ3v) is 4.17. The molecule has 0 unspecified atom stereocenters. The Labute approximate surface area is 141 Å². The molecular weight excluding hydrogens is 292 g/mol. The Morgan fingerprint density at radius 1 is 0.542 bits per heavy atom. The number of rotatable bonds is 3. The van der Waals surface area contributed by atoms with E-state index in [1.165, 1.54) is 21.9 Å². The van der Waals surface area contributed by atoms with E-state index in [0.29, 0.717) is 0 Å². The second-order valence-corrected chi connectivity index (χ2v) is 5.89. The summed E-state index contributed by atoms with van der Waals surface area (Å²) in [5, 5.41) is 5.95. The van der Waals surface area contributed by atoms with E-state index in [-0.39, 0.29) is 0 Å². The Bertz CT molecular complexity index is 971. The summed E-state index contributed by atoms with van der Waals surface area (Å²) in [7, 11) is 0. The van der Waals surface area contributed by atoms with Crippen LogP contribution in [0.4, 0.5) is 17.1 Å². The molecule has 0 heterocycles. The summed E-state index contributed by atoms with van der Waals surface area (Å²) in [6.45, 7) is 0. The van der Waals surface area contributed by atoms with Crippen molar-refractivity contribution in [1.82, 2.24) is 0 Å². The van der Waals surface area contributed by atoms with Crippen LogP contribution in [0.1, 0.15) is 0 Å². The molecule has 0 spiro atoms. The molecule has 2 nitrogen and oxygen atoms in total. The van der Waals surface area contributed by atoms with Gasteiger partial charge in [-0.05, 0) is 58.3 Å². The SMILES string of the molecule is Nc1ccc(-c2ccc(Nc3ccc4ccccc4c3)cc2)cc1. The van der Waals surface area contributed by atoms with Crippen LogP contribution in [0.5, 0.6) is 0 Å². The lowest BCUT2D eigenvalue weighted by atomic mass is 10.0. The third kappa shape index (κ3) is 2.95. The maximum Gasteiger partial charge on any atom is 0.0390 e. The zero-order chi connectivity index (χ0) is 16.4. The number of hydrogen-bond acceptors (Lipinski definition) is 2. The molecule has 4 aromatic carbocycles. The van der Waals surface area contributed by atoms with Crippen LogP contribution >= 0.6 is 0 Å². The molecule has 3 N–H and O–H groups in total. The molecule has 0 radical (unpaired) electrons. The lowest BCUT2D eigenvalue weighted by Crippen LogP contribution is -1.90. The molecule has 0 aromatic heterocycles. The van der Waals surface area contributed by atoms with Crippen LogP contribution in [0.25, 0.3) is 21.9 Å². The number of nitrogen functional groups attached to an aromatic ring is 1. The zero-order valence-corrected chi connectivity index (χ0v) is 13.2. The maximum absolute atomic E-state index is 5.74. The molecule has 0 atom stereocenters. The molecule has 116 valence electrons.